The average Bonchev–Trinajstić information content (AvgIpc) is 3.59. The molecule has 0 atom stereocenters. The highest BCUT2D eigenvalue weighted by Gasteiger charge is 2.28. The van der Waals surface area contributed by atoms with Gasteiger partial charge in [0.1, 0.15) is 22.2 Å². The molecule has 0 unspecified atom stereocenters. The van der Waals surface area contributed by atoms with Gasteiger partial charge in [0.15, 0.2) is 0 Å². The topological polar surface area (TPSA) is 136 Å². The summed E-state index contributed by atoms with van der Waals surface area (Å²) in [7, 11) is -7.93. The van der Waals surface area contributed by atoms with Gasteiger partial charge in [0.25, 0.3) is 20.0 Å². The van der Waals surface area contributed by atoms with Crippen LogP contribution >= 0.6 is 11.3 Å². The molecule has 10 nitrogen and oxygen atoms in total. The lowest BCUT2D eigenvalue weighted by Gasteiger charge is -2.11. The molecule has 0 saturated heterocycles. The maximum atomic E-state index is 13.4. The molecule has 3 heterocycles. The summed E-state index contributed by atoms with van der Waals surface area (Å²) >= 11 is 1.42. The number of anilines is 2. The number of aromatic nitrogens is 4. The molecular weight excluding hydrogens is 533 g/mol. The predicted octanol–water partition coefficient (Wildman–Crippen LogP) is 4.74. The molecular formula is C24H26N6O4S3. The molecule has 0 spiro atoms. The SMILES string of the molecule is Cc1cc(NS(=O)(=O)c2ccc(NS(=O)(=O)c3cn(C4CCCC4)nc3-c3cccs3)cc2)nc(C)n1. The Bertz CT molecular complexity index is 1600. The van der Waals surface area contributed by atoms with Crippen LogP contribution in [0, 0.1) is 13.8 Å². The van der Waals surface area contributed by atoms with Crippen molar-refractivity contribution in [2.75, 3.05) is 9.44 Å². The molecule has 5 rings (SSSR count). The third-order valence-corrected chi connectivity index (χ3v) is 9.69. The summed E-state index contributed by atoms with van der Waals surface area (Å²) in [4.78, 5) is 9.07. The number of thiophene rings is 1. The second kappa shape index (κ2) is 9.88. The van der Waals surface area contributed by atoms with E-state index < -0.39 is 20.0 Å². The van der Waals surface area contributed by atoms with Gasteiger partial charge in [0.2, 0.25) is 0 Å². The third kappa shape index (κ3) is 5.53. The standard InChI is InChI=1S/C24H26N6O4S3/c1-16-14-23(26-17(2)25-16)29-36(31,32)20-11-9-18(10-12-20)28-37(33,34)22-15-30(19-6-3-4-7-19)27-24(22)21-8-5-13-35-21/h5,8-15,19,28H,3-4,6-7H2,1-2H3,(H,25,26,29). The van der Waals surface area contributed by atoms with Crippen LogP contribution in [0.15, 0.2) is 63.8 Å². The van der Waals surface area contributed by atoms with E-state index >= 15 is 0 Å². The number of rotatable bonds is 8. The molecule has 37 heavy (non-hydrogen) atoms. The molecule has 0 aliphatic heterocycles. The van der Waals surface area contributed by atoms with E-state index in [2.05, 4.69) is 24.5 Å². The lowest BCUT2D eigenvalue weighted by molar-refractivity contribution is 0.467. The van der Waals surface area contributed by atoms with Crippen molar-refractivity contribution in [1.82, 2.24) is 19.7 Å². The van der Waals surface area contributed by atoms with Crippen LogP contribution in [0.4, 0.5) is 11.5 Å². The van der Waals surface area contributed by atoms with Gasteiger partial charge < -0.3 is 0 Å². The molecule has 0 amide bonds. The van der Waals surface area contributed by atoms with Crippen LogP contribution in [0.25, 0.3) is 10.6 Å². The van der Waals surface area contributed by atoms with Gasteiger partial charge in [0, 0.05) is 23.6 Å². The fourth-order valence-corrected chi connectivity index (χ4v) is 7.38. The minimum absolute atomic E-state index is 0.0299. The first kappa shape index (κ1) is 25.4. The van der Waals surface area contributed by atoms with Crippen molar-refractivity contribution in [3.8, 4) is 10.6 Å². The van der Waals surface area contributed by atoms with Crippen molar-refractivity contribution >= 4 is 42.9 Å². The van der Waals surface area contributed by atoms with E-state index in [1.165, 1.54) is 41.7 Å². The van der Waals surface area contributed by atoms with Crippen molar-refractivity contribution in [2.24, 2.45) is 0 Å². The number of sulfonamides is 2. The van der Waals surface area contributed by atoms with E-state index in [0.717, 1.165) is 30.6 Å². The lowest BCUT2D eigenvalue weighted by Crippen LogP contribution is -2.16. The van der Waals surface area contributed by atoms with Crippen molar-refractivity contribution < 1.29 is 16.8 Å². The number of hydrogen-bond donors (Lipinski definition) is 2. The van der Waals surface area contributed by atoms with Crippen molar-refractivity contribution in [1.29, 1.82) is 0 Å². The Morgan fingerprint density at radius 1 is 0.946 bits per heavy atom. The Labute approximate surface area is 219 Å². The fraction of sp³-hybridized carbons (Fsp3) is 0.292. The zero-order valence-corrected chi connectivity index (χ0v) is 22.7. The van der Waals surface area contributed by atoms with E-state index in [0.29, 0.717) is 17.2 Å². The van der Waals surface area contributed by atoms with Crippen molar-refractivity contribution in [3.63, 3.8) is 0 Å². The quantitative estimate of drug-likeness (QED) is 0.319. The molecule has 13 heteroatoms. The molecule has 194 valence electrons. The van der Waals surface area contributed by atoms with Gasteiger partial charge in [-0.15, -0.1) is 11.3 Å². The first-order chi connectivity index (χ1) is 17.6. The summed E-state index contributed by atoms with van der Waals surface area (Å²) in [6, 6.07) is 10.9. The molecule has 0 radical (unpaired) electrons. The Kier molecular flexibility index (Phi) is 6.77. The molecule has 1 saturated carbocycles. The highest BCUT2D eigenvalue weighted by Crippen LogP contribution is 2.35. The van der Waals surface area contributed by atoms with E-state index in [1.807, 2.05) is 17.5 Å². The Hall–Kier alpha value is -3.29. The Balaban J connectivity index is 1.39. The number of nitrogens with one attached hydrogen (secondary N) is 2. The molecule has 2 N–H and O–H groups in total. The van der Waals surface area contributed by atoms with E-state index in [9.17, 15) is 16.8 Å². The van der Waals surface area contributed by atoms with E-state index in [1.54, 1.807) is 24.7 Å². The maximum Gasteiger partial charge on any atom is 0.265 e. The Morgan fingerprint density at radius 2 is 1.68 bits per heavy atom. The van der Waals surface area contributed by atoms with Gasteiger partial charge in [-0.05, 0) is 62.4 Å². The third-order valence-electron chi connectivity index (χ3n) is 6.06. The normalized spacial score (nSPS) is 14.6. The van der Waals surface area contributed by atoms with Crippen LogP contribution in [0.3, 0.4) is 0 Å². The minimum Gasteiger partial charge on any atom is -0.280 e. The van der Waals surface area contributed by atoms with E-state index in [-0.39, 0.29) is 27.3 Å². The van der Waals surface area contributed by atoms with Gasteiger partial charge in [-0.3, -0.25) is 14.1 Å². The molecule has 1 aliphatic rings. The molecule has 0 bridgehead atoms. The maximum absolute atomic E-state index is 13.4. The highest BCUT2D eigenvalue weighted by atomic mass is 32.2. The van der Waals surface area contributed by atoms with E-state index in [4.69, 9.17) is 0 Å². The monoisotopic (exact) mass is 558 g/mol. The fourth-order valence-electron chi connectivity index (χ4n) is 4.39. The van der Waals surface area contributed by atoms with Crippen LogP contribution in [0.1, 0.15) is 43.2 Å². The van der Waals surface area contributed by atoms with Gasteiger partial charge in [-0.1, -0.05) is 18.9 Å². The second-order valence-corrected chi connectivity index (χ2v) is 13.2. The summed E-state index contributed by atoms with van der Waals surface area (Å²) in [5.74, 6) is 0.607. The summed E-state index contributed by atoms with van der Waals surface area (Å²) in [6.07, 6.45) is 5.73. The zero-order chi connectivity index (χ0) is 26.2. The predicted molar refractivity (Wildman–Crippen MR) is 143 cm³/mol. The second-order valence-electron chi connectivity index (χ2n) is 8.91. The summed E-state index contributed by atoms with van der Waals surface area (Å²) < 4.78 is 59.3. The molecule has 1 aromatic carbocycles. The first-order valence-electron chi connectivity index (χ1n) is 11.7. The number of nitrogens with zero attached hydrogens (tertiary/aromatic N) is 4. The molecule has 1 fully saturated rings. The van der Waals surface area contributed by atoms with Crippen LogP contribution in [0.2, 0.25) is 0 Å². The summed E-state index contributed by atoms with van der Waals surface area (Å²) in [5, 5.41) is 6.53. The van der Waals surface area contributed by atoms with Crippen LogP contribution in [-0.2, 0) is 20.0 Å². The van der Waals surface area contributed by atoms with Gasteiger partial charge in [-0.25, -0.2) is 26.8 Å². The van der Waals surface area contributed by atoms with Crippen molar-refractivity contribution in [3.05, 3.63) is 65.6 Å². The highest BCUT2D eigenvalue weighted by molar-refractivity contribution is 7.93. The number of hydrogen-bond acceptors (Lipinski definition) is 8. The summed E-state index contributed by atoms with van der Waals surface area (Å²) in [5.41, 5.74) is 1.28. The average molecular weight is 559 g/mol. The van der Waals surface area contributed by atoms with Gasteiger partial charge in [0.05, 0.1) is 15.8 Å². The van der Waals surface area contributed by atoms with Crippen LogP contribution in [0.5, 0.6) is 0 Å². The molecule has 3 aromatic heterocycles. The number of benzene rings is 1. The Morgan fingerprint density at radius 3 is 2.32 bits per heavy atom. The molecule has 4 aromatic rings. The minimum atomic E-state index is -3.99. The lowest BCUT2D eigenvalue weighted by atomic mass is 10.3. The summed E-state index contributed by atoms with van der Waals surface area (Å²) in [6.45, 7) is 3.42. The number of aryl methyl sites for hydroxylation is 2. The van der Waals surface area contributed by atoms with Crippen molar-refractivity contribution in [2.45, 2.75) is 55.4 Å². The molecule has 1 aliphatic carbocycles. The van der Waals surface area contributed by atoms with Crippen LogP contribution in [-0.4, -0.2) is 36.6 Å². The van der Waals surface area contributed by atoms with Gasteiger partial charge >= 0.3 is 0 Å². The van der Waals surface area contributed by atoms with Crippen LogP contribution < -0.4 is 9.44 Å². The largest absolute Gasteiger partial charge is 0.280 e. The first-order valence-corrected chi connectivity index (χ1v) is 15.6. The van der Waals surface area contributed by atoms with Gasteiger partial charge in [-0.2, -0.15) is 5.10 Å². The smallest absolute Gasteiger partial charge is 0.265 e. The zero-order valence-electron chi connectivity index (χ0n) is 20.2.